The maximum atomic E-state index is 13.3. The number of carbonyl (C=O) groups excluding carboxylic acids is 1. The van der Waals surface area contributed by atoms with Crippen molar-refractivity contribution in [1.82, 2.24) is 5.32 Å². The van der Waals surface area contributed by atoms with E-state index in [1.54, 1.807) is 7.11 Å². The summed E-state index contributed by atoms with van der Waals surface area (Å²) in [5.74, 6) is -2.51. The lowest BCUT2D eigenvalue weighted by atomic mass is 10.2. The number of hydrogen-bond donors (Lipinski definition) is 2. The van der Waals surface area contributed by atoms with Crippen molar-refractivity contribution < 1.29 is 28.6 Å². The molecule has 1 rings (SSSR count). The summed E-state index contributed by atoms with van der Waals surface area (Å²) >= 11 is 0. The van der Waals surface area contributed by atoms with Crippen molar-refractivity contribution in [3.63, 3.8) is 0 Å². The van der Waals surface area contributed by atoms with Crippen LogP contribution in [0.25, 0.3) is 0 Å². The Balaban J connectivity index is 2.40. The Morgan fingerprint density at radius 1 is 1.40 bits per heavy atom. The number of benzene rings is 1. The van der Waals surface area contributed by atoms with Crippen molar-refractivity contribution in [2.24, 2.45) is 0 Å². The first-order chi connectivity index (χ1) is 9.54. The molecule has 1 amide bonds. The highest BCUT2D eigenvalue weighted by molar-refractivity contribution is 5.88. The molecule has 0 unspecified atom stereocenters. The van der Waals surface area contributed by atoms with Gasteiger partial charge in [-0.15, -0.1) is 0 Å². The lowest BCUT2D eigenvalue weighted by Crippen LogP contribution is -2.30. The molecule has 0 heterocycles. The topological polar surface area (TPSA) is 84.9 Å². The summed E-state index contributed by atoms with van der Waals surface area (Å²) in [5.41, 5.74) is -0.443. The SMILES string of the molecule is COCCCNC(=O)COc1ccc(C(=O)O)c(F)c1. The maximum Gasteiger partial charge on any atom is 0.338 e. The number of halogens is 1. The number of methoxy groups -OCH3 is 1. The van der Waals surface area contributed by atoms with Gasteiger partial charge in [-0.2, -0.15) is 0 Å². The van der Waals surface area contributed by atoms with Gasteiger partial charge in [0.15, 0.2) is 6.61 Å². The predicted octanol–water partition coefficient (Wildman–Crippen LogP) is 1.06. The molecule has 1 aromatic rings. The molecule has 0 aliphatic carbocycles. The zero-order valence-corrected chi connectivity index (χ0v) is 11.0. The average molecular weight is 285 g/mol. The lowest BCUT2D eigenvalue weighted by molar-refractivity contribution is -0.123. The van der Waals surface area contributed by atoms with Crippen LogP contribution in [0.3, 0.4) is 0 Å². The molecule has 7 heteroatoms. The molecule has 0 aromatic heterocycles. The molecule has 20 heavy (non-hydrogen) atoms. The van der Waals surface area contributed by atoms with Crippen LogP contribution in [0.5, 0.6) is 5.75 Å². The molecule has 1 aromatic carbocycles. The molecule has 2 N–H and O–H groups in total. The highest BCUT2D eigenvalue weighted by Crippen LogP contribution is 2.16. The third-order valence-electron chi connectivity index (χ3n) is 2.39. The van der Waals surface area contributed by atoms with E-state index in [0.29, 0.717) is 19.6 Å². The maximum absolute atomic E-state index is 13.3. The van der Waals surface area contributed by atoms with Crippen molar-refractivity contribution in [2.45, 2.75) is 6.42 Å². The summed E-state index contributed by atoms with van der Waals surface area (Å²) in [4.78, 5) is 22.0. The first-order valence-electron chi connectivity index (χ1n) is 5.96. The van der Waals surface area contributed by atoms with Gasteiger partial charge in [-0.3, -0.25) is 4.79 Å². The summed E-state index contributed by atoms with van der Waals surface area (Å²) in [6.45, 7) is 0.740. The van der Waals surface area contributed by atoms with Gasteiger partial charge in [0.1, 0.15) is 11.6 Å². The molecule has 0 atom stereocenters. The van der Waals surface area contributed by atoms with Crippen LogP contribution in [-0.4, -0.2) is 43.9 Å². The summed E-state index contributed by atoms with van der Waals surface area (Å²) in [6, 6.07) is 3.32. The summed E-state index contributed by atoms with van der Waals surface area (Å²) in [5, 5.41) is 11.3. The van der Waals surface area contributed by atoms with Crippen LogP contribution >= 0.6 is 0 Å². The Bertz CT molecular complexity index is 478. The third-order valence-corrected chi connectivity index (χ3v) is 2.39. The first kappa shape index (κ1) is 15.9. The Morgan fingerprint density at radius 3 is 2.75 bits per heavy atom. The van der Waals surface area contributed by atoms with Gasteiger partial charge in [0, 0.05) is 26.3 Å². The van der Waals surface area contributed by atoms with Crippen molar-refractivity contribution in [1.29, 1.82) is 0 Å². The zero-order chi connectivity index (χ0) is 15.0. The molecule has 0 aliphatic rings. The highest BCUT2D eigenvalue weighted by Gasteiger charge is 2.11. The van der Waals surface area contributed by atoms with Gasteiger partial charge in [0.05, 0.1) is 5.56 Å². The number of hydrogen-bond acceptors (Lipinski definition) is 4. The van der Waals surface area contributed by atoms with Crippen LogP contribution in [0, 0.1) is 5.82 Å². The van der Waals surface area contributed by atoms with Gasteiger partial charge < -0.3 is 19.9 Å². The smallest absolute Gasteiger partial charge is 0.338 e. The molecule has 0 saturated heterocycles. The Morgan fingerprint density at radius 2 is 2.15 bits per heavy atom. The van der Waals surface area contributed by atoms with Crippen LogP contribution in [0.4, 0.5) is 4.39 Å². The van der Waals surface area contributed by atoms with Crippen LogP contribution in [-0.2, 0) is 9.53 Å². The molecule has 0 bridgehead atoms. The van der Waals surface area contributed by atoms with Crippen LogP contribution in [0.15, 0.2) is 18.2 Å². The Kier molecular flexibility index (Phi) is 6.45. The van der Waals surface area contributed by atoms with Gasteiger partial charge in [-0.05, 0) is 18.6 Å². The third kappa shape index (κ3) is 5.23. The van der Waals surface area contributed by atoms with Crippen molar-refractivity contribution >= 4 is 11.9 Å². The predicted molar refractivity (Wildman–Crippen MR) is 68.4 cm³/mol. The number of carboxylic acids is 1. The van der Waals surface area contributed by atoms with E-state index in [1.165, 1.54) is 6.07 Å². The van der Waals surface area contributed by atoms with Gasteiger partial charge >= 0.3 is 5.97 Å². The minimum atomic E-state index is -1.36. The van der Waals surface area contributed by atoms with Crippen LogP contribution < -0.4 is 10.1 Å². The molecule has 110 valence electrons. The number of ether oxygens (including phenoxy) is 2. The van der Waals surface area contributed by atoms with Crippen LogP contribution in [0.2, 0.25) is 0 Å². The molecule has 0 saturated carbocycles. The van der Waals surface area contributed by atoms with E-state index in [9.17, 15) is 14.0 Å². The fraction of sp³-hybridized carbons (Fsp3) is 0.385. The number of nitrogens with one attached hydrogen (secondary N) is 1. The second-order valence-corrected chi connectivity index (χ2v) is 3.93. The monoisotopic (exact) mass is 285 g/mol. The van der Waals surface area contributed by atoms with E-state index in [-0.39, 0.29) is 18.3 Å². The molecule has 0 fully saturated rings. The molecule has 0 aliphatic heterocycles. The normalized spacial score (nSPS) is 10.1. The molecule has 0 radical (unpaired) electrons. The zero-order valence-electron chi connectivity index (χ0n) is 11.0. The Hall–Kier alpha value is -2.15. The standard InChI is InChI=1S/C13H16FNO5/c1-19-6-2-5-15-12(16)8-20-9-3-4-10(13(17)18)11(14)7-9/h3-4,7H,2,5-6,8H2,1H3,(H,15,16)(H,17,18). The van der Waals surface area contributed by atoms with Gasteiger partial charge in [-0.1, -0.05) is 0 Å². The van der Waals surface area contributed by atoms with Crippen LogP contribution in [0.1, 0.15) is 16.8 Å². The first-order valence-corrected chi connectivity index (χ1v) is 5.96. The van der Waals surface area contributed by atoms with Gasteiger partial charge in [0.2, 0.25) is 0 Å². The summed E-state index contributed by atoms with van der Waals surface area (Å²) in [7, 11) is 1.57. The van der Waals surface area contributed by atoms with E-state index >= 15 is 0 Å². The number of amides is 1. The molecule has 0 spiro atoms. The molecule has 6 nitrogen and oxygen atoms in total. The summed E-state index contributed by atoms with van der Waals surface area (Å²) < 4.78 is 23.2. The van der Waals surface area contributed by atoms with Crippen molar-refractivity contribution in [2.75, 3.05) is 26.9 Å². The lowest BCUT2D eigenvalue weighted by Gasteiger charge is -2.08. The summed E-state index contributed by atoms with van der Waals surface area (Å²) in [6.07, 6.45) is 0.685. The van der Waals surface area contributed by atoms with E-state index in [4.69, 9.17) is 14.6 Å². The Labute approximate surface area is 115 Å². The van der Waals surface area contributed by atoms with Crippen molar-refractivity contribution in [3.05, 3.63) is 29.6 Å². The minimum absolute atomic E-state index is 0.0968. The average Bonchev–Trinajstić information content (AvgIpc) is 2.41. The minimum Gasteiger partial charge on any atom is -0.484 e. The van der Waals surface area contributed by atoms with E-state index in [2.05, 4.69) is 5.32 Å². The number of rotatable bonds is 8. The number of carbonyl (C=O) groups is 2. The van der Waals surface area contributed by atoms with E-state index < -0.39 is 17.3 Å². The van der Waals surface area contributed by atoms with E-state index in [1.807, 2.05) is 0 Å². The van der Waals surface area contributed by atoms with E-state index in [0.717, 1.165) is 12.1 Å². The second-order valence-electron chi connectivity index (χ2n) is 3.93. The molecular formula is C13H16FNO5. The second kappa shape index (κ2) is 8.11. The van der Waals surface area contributed by atoms with Crippen molar-refractivity contribution in [3.8, 4) is 5.75 Å². The quantitative estimate of drug-likeness (QED) is 0.697. The highest BCUT2D eigenvalue weighted by atomic mass is 19.1. The largest absolute Gasteiger partial charge is 0.484 e. The van der Waals surface area contributed by atoms with Gasteiger partial charge in [-0.25, -0.2) is 9.18 Å². The number of aromatic carboxylic acids is 1. The molecular weight excluding hydrogens is 269 g/mol. The fourth-order valence-electron chi connectivity index (χ4n) is 1.40. The number of carboxylic acid groups (broad SMARTS) is 1. The van der Waals surface area contributed by atoms with Gasteiger partial charge in [0.25, 0.3) is 5.91 Å². The fourth-order valence-corrected chi connectivity index (χ4v) is 1.40.